The van der Waals surface area contributed by atoms with E-state index >= 15 is 0 Å². The van der Waals surface area contributed by atoms with Gasteiger partial charge in [-0.1, -0.05) is 24.3 Å². The number of hydrogen-bond acceptors (Lipinski definition) is 4. The highest BCUT2D eigenvalue weighted by Gasteiger charge is 2.21. The van der Waals surface area contributed by atoms with Gasteiger partial charge in [0, 0.05) is 24.4 Å². The van der Waals surface area contributed by atoms with Gasteiger partial charge >= 0.3 is 5.97 Å². The quantitative estimate of drug-likeness (QED) is 0.852. The van der Waals surface area contributed by atoms with Gasteiger partial charge in [0.2, 0.25) is 5.91 Å². The Morgan fingerprint density at radius 1 is 1.24 bits per heavy atom. The number of benzene rings is 1. The lowest BCUT2D eigenvalue weighted by Gasteiger charge is -2.16. The smallest absolute Gasteiger partial charge is 0.329 e. The molecule has 0 radical (unpaired) electrons. The molecule has 2 aromatic rings. The topological polar surface area (TPSA) is 68.3 Å². The number of hydrogen-bond donors (Lipinski definition) is 1. The first kappa shape index (κ1) is 15.0. The van der Waals surface area contributed by atoms with Gasteiger partial charge in [-0.2, -0.15) is 0 Å². The molecule has 1 atom stereocenters. The monoisotopic (exact) mass is 286 g/mol. The first-order valence-electron chi connectivity index (χ1n) is 6.88. The van der Waals surface area contributed by atoms with Crippen molar-refractivity contribution in [2.75, 3.05) is 6.61 Å². The molecule has 0 saturated carbocycles. The average Bonchev–Trinajstić information content (AvgIpc) is 2.46. The molecule has 5 nitrogen and oxygen atoms in total. The standard InChI is InChI=1S/C16H18N2O3/c1-3-21-16(20)15(17-11(2)19)10-13-9-8-12-6-4-5-7-14(12)18-13/h4-9,15H,3,10H2,1-2H3,(H,17,19). The zero-order valence-corrected chi connectivity index (χ0v) is 12.1. The van der Waals surface area contributed by atoms with E-state index in [1.54, 1.807) is 6.92 Å². The van der Waals surface area contributed by atoms with Gasteiger partial charge in [0.1, 0.15) is 6.04 Å². The molecule has 5 heteroatoms. The van der Waals surface area contributed by atoms with Crippen molar-refractivity contribution in [1.29, 1.82) is 0 Å². The summed E-state index contributed by atoms with van der Waals surface area (Å²) >= 11 is 0. The van der Waals surface area contributed by atoms with Crippen molar-refractivity contribution in [3.05, 3.63) is 42.1 Å². The molecular formula is C16H18N2O3. The summed E-state index contributed by atoms with van der Waals surface area (Å²) in [7, 11) is 0. The third kappa shape index (κ3) is 4.02. The van der Waals surface area contributed by atoms with E-state index in [9.17, 15) is 9.59 Å². The van der Waals surface area contributed by atoms with Crippen LogP contribution in [0.4, 0.5) is 0 Å². The zero-order valence-electron chi connectivity index (χ0n) is 12.1. The fraction of sp³-hybridized carbons (Fsp3) is 0.312. The van der Waals surface area contributed by atoms with Crippen LogP contribution in [0.15, 0.2) is 36.4 Å². The highest BCUT2D eigenvalue weighted by atomic mass is 16.5. The fourth-order valence-corrected chi connectivity index (χ4v) is 2.11. The Bertz CT molecular complexity index is 655. The van der Waals surface area contributed by atoms with Crippen molar-refractivity contribution in [1.82, 2.24) is 10.3 Å². The number of aromatic nitrogens is 1. The SMILES string of the molecule is CCOC(=O)C(Cc1ccc2ccccc2n1)NC(C)=O. The van der Waals surface area contributed by atoms with E-state index < -0.39 is 12.0 Å². The number of ether oxygens (including phenoxy) is 1. The maximum atomic E-state index is 11.9. The Morgan fingerprint density at radius 2 is 2.00 bits per heavy atom. The third-order valence-corrected chi connectivity index (χ3v) is 3.02. The Morgan fingerprint density at radius 3 is 2.71 bits per heavy atom. The average molecular weight is 286 g/mol. The van der Waals surface area contributed by atoms with E-state index in [0.717, 1.165) is 16.6 Å². The molecule has 1 aromatic heterocycles. The summed E-state index contributed by atoms with van der Waals surface area (Å²) in [6, 6.07) is 10.8. The number of nitrogens with zero attached hydrogens (tertiary/aromatic N) is 1. The van der Waals surface area contributed by atoms with Crippen molar-refractivity contribution in [2.24, 2.45) is 0 Å². The van der Waals surface area contributed by atoms with Crippen LogP contribution < -0.4 is 5.32 Å². The Labute approximate surface area is 123 Å². The fourth-order valence-electron chi connectivity index (χ4n) is 2.11. The van der Waals surface area contributed by atoms with Crippen molar-refractivity contribution in [2.45, 2.75) is 26.3 Å². The minimum Gasteiger partial charge on any atom is -0.464 e. The summed E-state index contributed by atoms with van der Waals surface area (Å²) < 4.78 is 4.98. The summed E-state index contributed by atoms with van der Waals surface area (Å²) in [5, 5.41) is 3.64. The van der Waals surface area contributed by atoms with Gasteiger partial charge in [0.25, 0.3) is 0 Å². The van der Waals surface area contributed by atoms with Crippen LogP contribution in [0, 0.1) is 0 Å². The summed E-state index contributed by atoms with van der Waals surface area (Å²) in [5.41, 5.74) is 1.60. The highest BCUT2D eigenvalue weighted by Crippen LogP contribution is 2.13. The van der Waals surface area contributed by atoms with E-state index in [-0.39, 0.29) is 12.5 Å². The predicted molar refractivity (Wildman–Crippen MR) is 79.7 cm³/mol. The number of fused-ring (bicyclic) bond motifs is 1. The van der Waals surface area contributed by atoms with Crippen LogP contribution in [0.2, 0.25) is 0 Å². The van der Waals surface area contributed by atoms with Crippen LogP contribution in [0.5, 0.6) is 0 Å². The maximum Gasteiger partial charge on any atom is 0.329 e. The van der Waals surface area contributed by atoms with E-state index in [1.807, 2.05) is 36.4 Å². The summed E-state index contributed by atoms with van der Waals surface area (Å²) in [5.74, 6) is -0.712. The second-order valence-electron chi connectivity index (χ2n) is 4.70. The van der Waals surface area contributed by atoms with Crippen molar-refractivity contribution in [3.63, 3.8) is 0 Å². The Kier molecular flexibility index (Phi) is 4.87. The van der Waals surface area contributed by atoms with Crippen LogP contribution >= 0.6 is 0 Å². The Hall–Kier alpha value is -2.43. The number of rotatable bonds is 5. The molecule has 21 heavy (non-hydrogen) atoms. The number of para-hydroxylation sites is 1. The van der Waals surface area contributed by atoms with E-state index in [4.69, 9.17) is 4.74 Å². The molecule has 0 fully saturated rings. The number of pyridine rings is 1. The van der Waals surface area contributed by atoms with Crippen molar-refractivity contribution >= 4 is 22.8 Å². The summed E-state index contributed by atoms with van der Waals surface area (Å²) in [6.45, 7) is 3.39. The van der Waals surface area contributed by atoms with Gasteiger partial charge in [-0.05, 0) is 19.1 Å². The van der Waals surface area contributed by atoms with Crippen LogP contribution in [-0.4, -0.2) is 29.5 Å². The lowest BCUT2D eigenvalue weighted by molar-refractivity contribution is -0.147. The van der Waals surface area contributed by atoms with Gasteiger partial charge in [-0.3, -0.25) is 9.78 Å². The number of amides is 1. The molecular weight excluding hydrogens is 268 g/mol. The number of nitrogens with one attached hydrogen (secondary N) is 1. The molecule has 0 bridgehead atoms. The molecule has 0 aliphatic heterocycles. The van der Waals surface area contributed by atoms with Gasteiger partial charge < -0.3 is 10.1 Å². The maximum absolute atomic E-state index is 11.9. The molecule has 1 N–H and O–H groups in total. The first-order chi connectivity index (χ1) is 10.1. The number of esters is 1. The molecule has 1 unspecified atom stereocenters. The van der Waals surface area contributed by atoms with Crippen molar-refractivity contribution in [3.8, 4) is 0 Å². The van der Waals surface area contributed by atoms with Gasteiger partial charge in [0.05, 0.1) is 12.1 Å². The molecule has 1 aromatic carbocycles. The molecule has 0 spiro atoms. The number of carbonyl (C=O) groups is 2. The van der Waals surface area contributed by atoms with Gasteiger partial charge in [0.15, 0.2) is 0 Å². The molecule has 0 saturated heterocycles. The normalized spacial score (nSPS) is 11.9. The van der Waals surface area contributed by atoms with E-state index in [1.165, 1.54) is 6.92 Å². The van der Waals surface area contributed by atoms with Gasteiger partial charge in [-0.25, -0.2) is 4.79 Å². The number of carbonyl (C=O) groups excluding carboxylic acids is 2. The van der Waals surface area contributed by atoms with Gasteiger partial charge in [-0.15, -0.1) is 0 Å². The minimum absolute atomic E-state index is 0.270. The molecule has 1 amide bonds. The van der Waals surface area contributed by atoms with Crippen molar-refractivity contribution < 1.29 is 14.3 Å². The highest BCUT2D eigenvalue weighted by molar-refractivity contribution is 5.83. The van der Waals surface area contributed by atoms with E-state index in [0.29, 0.717) is 6.42 Å². The predicted octanol–water partition coefficient (Wildman–Crippen LogP) is 1.85. The van der Waals surface area contributed by atoms with Crippen LogP contribution in [0.1, 0.15) is 19.5 Å². The minimum atomic E-state index is -0.712. The molecule has 0 aliphatic rings. The first-order valence-corrected chi connectivity index (χ1v) is 6.88. The molecule has 1 heterocycles. The second kappa shape index (κ2) is 6.83. The summed E-state index contributed by atoms with van der Waals surface area (Å²) in [4.78, 5) is 27.6. The van der Waals surface area contributed by atoms with E-state index in [2.05, 4.69) is 10.3 Å². The lowest BCUT2D eigenvalue weighted by Crippen LogP contribution is -2.42. The lowest BCUT2D eigenvalue weighted by atomic mass is 10.1. The molecule has 2 rings (SSSR count). The molecule has 0 aliphatic carbocycles. The largest absolute Gasteiger partial charge is 0.464 e. The molecule has 110 valence electrons. The Balaban J connectivity index is 2.20. The second-order valence-corrected chi connectivity index (χ2v) is 4.70. The van der Waals surface area contributed by atoms with Crippen LogP contribution in [0.25, 0.3) is 10.9 Å². The summed E-state index contributed by atoms with van der Waals surface area (Å²) in [6.07, 6.45) is 0.309. The van der Waals surface area contributed by atoms with Crippen LogP contribution in [-0.2, 0) is 20.7 Å². The van der Waals surface area contributed by atoms with Crippen LogP contribution in [0.3, 0.4) is 0 Å². The zero-order chi connectivity index (χ0) is 15.2. The third-order valence-electron chi connectivity index (χ3n) is 3.02.